The van der Waals surface area contributed by atoms with Crippen LogP contribution in [0, 0.1) is 6.92 Å². The largest absolute Gasteiger partial charge is 0.385 e. The maximum atomic E-state index is 3.44. The lowest BCUT2D eigenvalue weighted by Crippen LogP contribution is -2.01. The maximum Gasteiger partial charge on any atom is 0.0342 e. The van der Waals surface area contributed by atoms with Gasteiger partial charge in [-0.3, -0.25) is 0 Å². The van der Waals surface area contributed by atoms with E-state index in [4.69, 9.17) is 0 Å². The van der Waals surface area contributed by atoms with E-state index in [1.54, 1.807) is 0 Å². The first-order chi connectivity index (χ1) is 6.83. The lowest BCUT2D eigenvalue weighted by Gasteiger charge is -2.06. The van der Waals surface area contributed by atoms with Gasteiger partial charge in [0.2, 0.25) is 0 Å². The standard InChI is InChI=1S/C12H19NS/c1-11-6-5-7-12(10-11)13-8-3-4-9-14-2/h5-7,10,13H,3-4,8-9H2,1-2H3. The molecule has 0 saturated heterocycles. The number of rotatable bonds is 6. The minimum Gasteiger partial charge on any atom is -0.385 e. The molecule has 0 aliphatic carbocycles. The Morgan fingerprint density at radius 3 is 2.86 bits per heavy atom. The van der Waals surface area contributed by atoms with Crippen molar-refractivity contribution in [3.8, 4) is 0 Å². The first kappa shape index (κ1) is 11.4. The molecule has 0 atom stereocenters. The van der Waals surface area contributed by atoms with E-state index >= 15 is 0 Å². The number of hydrogen-bond donors (Lipinski definition) is 1. The van der Waals surface area contributed by atoms with E-state index in [1.165, 1.54) is 29.8 Å². The number of benzene rings is 1. The van der Waals surface area contributed by atoms with Gasteiger partial charge >= 0.3 is 0 Å². The normalized spacial score (nSPS) is 10.1. The van der Waals surface area contributed by atoms with Gasteiger partial charge < -0.3 is 5.32 Å². The van der Waals surface area contributed by atoms with E-state index in [-0.39, 0.29) is 0 Å². The molecule has 0 heterocycles. The average molecular weight is 209 g/mol. The zero-order valence-corrected chi connectivity index (χ0v) is 9.86. The predicted molar refractivity (Wildman–Crippen MR) is 67.3 cm³/mol. The molecule has 0 amide bonds. The van der Waals surface area contributed by atoms with Crippen LogP contribution >= 0.6 is 11.8 Å². The minimum absolute atomic E-state index is 1.09. The topological polar surface area (TPSA) is 12.0 Å². The van der Waals surface area contributed by atoms with Crippen LogP contribution in [0.4, 0.5) is 5.69 Å². The van der Waals surface area contributed by atoms with E-state index in [2.05, 4.69) is 42.8 Å². The van der Waals surface area contributed by atoms with Gasteiger partial charge in [-0.05, 0) is 49.5 Å². The number of unbranched alkanes of at least 4 members (excludes halogenated alkanes) is 1. The number of nitrogens with one attached hydrogen (secondary N) is 1. The Bertz CT molecular complexity index is 260. The second kappa shape index (κ2) is 6.77. The highest BCUT2D eigenvalue weighted by atomic mass is 32.2. The fourth-order valence-corrected chi connectivity index (χ4v) is 1.85. The third-order valence-electron chi connectivity index (χ3n) is 2.12. The van der Waals surface area contributed by atoms with Crippen LogP contribution in [0.5, 0.6) is 0 Å². The number of hydrogen-bond acceptors (Lipinski definition) is 2. The molecule has 0 unspecified atom stereocenters. The summed E-state index contributed by atoms with van der Waals surface area (Å²) in [6, 6.07) is 8.54. The van der Waals surface area contributed by atoms with Gasteiger partial charge in [0.1, 0.15) is 0 Å². The third kappa shape index (κ3) is 4.56. The summed E-state index contributed by atoms with van der Waals surface area (Å²) in [4.78, 5) is 0. The summed E-state index contributed by atoms with van der Waals surface area (Å²) in [7, 11) is 0. The molecule has 1 aromatic rings. The molecule has 1 N–H and O–H groups in total. The van der Waals surface area contributed by atoms with Gasteiger partial charge in [0.15, 0.2) is 0 Å². The molecular formula is C12H19NS. The summed E-state index contributed by atoms with van der Waals surface area (Å²) in [5.74, 6) is 1.27. The van der Waals surface area contributed by atoms with Crippen molar-refractivity contribution in [1.29, 1.82) is 0 Å². The quantitative estimate of drug-likeness (QED) is 0.719. The van der Waals surface area contributed by atoms with Crippen LogP contribution in [0.2, 0.25) is 0 Å². The van der Waals surface area contributed by atoms with Crippen molar-refractivity contribution in [3.63, 3.8) is 0 Å². The zero-order chi connectivity index (χ0) is 10.2. The molecule has 0 saturated carbocycles. The molecule has 1 aromatic carbocycles. The van der Waals surface area contributed by atoms with E-state index in [0.717, 1.165) is 6.54 Å². The molecule has 1 nitrogen and oxygen atoms in total. The highest BCUT2D eigenvalue weighted by molar-refractivity contribution is 7.98. The van der Waals surface area contributed by atoms with Crippen LogP contribution in [0.15, 0.2) is 24.3 Å². The van der Waals surface area contributed by atoms with Crippen molar-refractivity contribution < 1.29 is 0 Å². The first-order valence-corrected chi connectivity index (χ1v) is 6.52. The third-order valence-corrected chi connectivity index (χ3v) is 2.82. The van der Waals surface area contributed by atoms with E-state index in [1.807, 2.05) is 11.8 Å². The molecule has 0 radical (unpaired) electrons. The second-order valence-electron chi connectivity index (χ2n) is 3.50. The van der Waals surface area contributed by atoms with E-state index in [9.17, 15) is 0 Å². The van der Waals surface area contributed by atoms with E-state index < -0.39 is 0 Å². The van der Waals surface area contributed by atoms with Crippen molar-refractivity contribution in [2.24, 2.45) is 0 Å². The van der Waals surface area contributed by atoms with E-state index in [0.29, 0.717) is 0 Å². The number of anilines is 1. The highest BCUT2D eigenvalue weighted by Gasteiger charge is 1.91. The van der Waals surface area contributed by atoms with Gasteiger partial charge in [-0.25, -0.2) is 0 Å². The molecule has 0 aliphatic heterocycles. The van der Waals surface area contributed by atoms with Gasteiger partial charge in [0, 0.05) is 12.2 Å². The summed E-state index contributed by atoms with van der Waals surface area (Å²) in [6.07, 6.45) is 4.72. The molecule has 0 aliphatic rings. The number of aryl methyl sites for hydroxylation is 1. The molecule has 78 valence electrons. The van der Waals surface area contributed by atoms with Gasteiger partial charge in [-0.1, -0.05) is 12.1 Å². The molecule has 0 spiro atoms. The van der Waals surface area contributed by atoms with Crippen LogP contribution < -0.4 is 5.32 Å². The van der Waals surface area contributed by atoms with Crippen molar-refractivity contribution in [1.82, 2.24) is 0 Å². The fourth-order valence-electron chi connectivity index (χ4n) is 1.36. The van der Waals surface area contributed by atoms with Crippen LogP contribution in [-0.2, 0) is 0 Å². The number of thioether (sulfide) groups is 1. The Morgan fingerprint density at radius 1 is 1.29 bits per heavy atom. The van der Waals surface area contributed by atoms with Crippen molar-refractivity contribution in [2.75, 3.05) is 23.9 Å². The fraction of sp³-hybridized carbons (Fsp3) is 0.500. The molecule has 0 bridgehead atoms. The van der Waals surface area contributed by atoms with Gasteiger partial charge in [-0.15, -0.1) is 0 Å². The molecular weight excluding hydrogens is 190 g/mol. The average Bonchev–Trinajstić information content (AvgIpc) is 2.18. The summed E-state index contributed by atoms with van der Waals surface area (Å²) in [6.45, 7) is 3.21. The van der Waals surface area contributed by atoms with Crippen molar-refractivity contribution in [2.45, 2.75) is 19.8 Å². The molecule has 0 fully saturated rings. The second-order valence-corrected chi connectivity index (χ2v) is 4.48. The Balaban J connectivity index is 2.18. The SMILES string of the molecule is CSCCCCNc1cccc(C)c1. The summed E-state index contributed by atoms with van der Waals surface area (Å²) in [5.41, 5.74) is 2.56. The van der Waals surface area contributed by atoms with Gasteiger partial charge in [0.05, 0.1) is 0 Å². The zero-order valence-electron chi connectivity index (χ0n) is 9.05. The summed E-state index contributed by atoms with van der Waals surface area (Å²) < 4.78 is 0. The van der Waals surface area contributed by atoms with Crippen LogP contribution in [0.1, 0.15) is 18.4 Å². The first-order valence-electron chi connectivity index (χ1n) is 5.12. The monoisotopic (exact) mass is 209 g/mol. The highest BCUT2D eigenvalue weighted by Crippen LogP contribution is 2.09. The van der Waals surface area contributed by atoms with Gasteiger partial charge in [-0.2, -0.15) is 11.8 Å². The Kier molecular flexibility index (Phi) is 5.53. The molecule has 0 aromatic heterocycles. The van der Waals surface area contributed by atoms with Gasteiger partial charge in [0.25, 0.3) is 0 Å². The lowest BCUT2D eigenvalue weighted by atomic mass is 10.2. The maximum absolute atomic E-state index is 3.44. The Morgan fingerprint density at radius 2 is 2.14 bits per heavy atom. The van der Waals surface area contributed by atoms with Crippen molar-refractivity contribution in [3.05, 3.63) is 29.8 Å². The Labute approximate surface area is 91.3 Å². The Hall–Kier alpha value is -0.630. The predicted octanol–water partition coefficient (Wildman–Crippen LogP) is 3.55. The van der Waals surface area contributed by atoms with Crippen molar-refractivity contribution >= 4 is 17.4 Å². The lowest BCUT2D eigenvalue weighted by molar-refractivity contribution is 0.843. The van der Waals surface area contributed by atoms with Crippen LogP contribution in [0.3, 0.4) is 0 Å². The molecule has 14 heavy (non-hydrogen) atoms. The molecule has 2 heteroatoms. The minimum atomic E-state index is 1.09. The smallest absolute Gasteiger partial charge is 0.0342 e. The summed E-state index contributed by atoms with van der Waals surface area (Å²) in [5, 5.41) is 3.44. The molecule has 1 rings (SSSR count). The summed E-state index contributed by atoms with van der Waals surface area (Å²) >= 11 is 1.92. The van der Waals surface area contributed by atoms with Crippen LogP contribution in [0.25, 0.3) is 0 Å². The van der Waals surface area contributed by atoms with Crippen LogP contribution in [-0.4, -0.2) is 18.6 Å².